The molecule has 0 aliphatic carbocycles. The molecular formula is C11H18BrCl. The molecule has 0 aromatic rings. The largest absolute Gasteiger partial charge is 0.127 e. The molecule has 76 valence electrons. The van der Waals surface area contributed by atoms with Crippen molar-refractivity contribution < 1.29 is 0 Å². The van der Waals surface area contributed by atoms with Crippen LogP contribution in [0.4, 0.5) is 0 Å². The Morgan fingerprint density at radius 3 is 1.92 bits per heavy atom. The monoisotopic (exact) mass is 264 g/mol. The number of rotatable bonds is 8. The molecule has 0 spiro atoms. The molecule has 0 aromatic carbocycles. The Morgan fingerprint density at radius 2 is 1.38 bits per heavy atom. The second-order valence-electron chi connectivity index (χ2n) is 3.19. The van der Waals surface area contributed by atoms with Gasteiger partial charge < -0.3 is 0 Å². The summed E-state index contributed by atoms with van der Waals surface area (Å²) < 4.78 is 0. The van der Waals surface area contributed by atoms with Crippen molar-refractivity contribution in [3.8, 4) is 10.8 Å². The van der Waals surface area contributed by atoms with Gasteiger partial charge in [0, 0.05) is 28.2 Å². The van der Waals surface area contributed by atoms with E-state index >= 15 is 0 Å². The maximum absolute atomic E-state index is 5.58. The molecule has 0 aliphatic heterocycles. The Balaban J connectivity index is 2.86. The zero-order chi connectivity index (χ0) is 9.78. The fourth-order valence-corrected chi connectivity index (χ4v) is 1.63. The molecule has 0 saturated heterocycles. The second-order valence-corrected chi connectivity index (χ2v) is 3.96. The first-order valence-corrected chi connectivity index (χ1v) is 6.39. The molecule has 13 heavy (non-hydrogen) atoms. The molecule has 0 amide bonds. The van der Waals surface area contributed by atoms with E-state index in [-0.39, 0.29) is 0 Å². The van der Waals surface area contributed by atoms with E-state index in [1.165, 1.54) is 44.9 Å². The number of alkyl halides is 1. The lowest BCUT2D eigenvalue weighted by atomic mass is 10.1. The quantitative estimate of drug-likeness (QED) is 0.339. The van der Waals surface area contributed by atoms with Crippen LogP contribution in [0, 0.1) is 10.8 Å². The van der Waals surface area contributed by atoms with Gasteiger partial charge in [-0.2, -0.15) is 0 Å². The standard InChI is InChI=1S/C11H18BrCl/c12-10-8-6-4-2-1-3-5-7-9-11-13/h1-7,9,11H2. The molecule has 2 heteroatoms. The molecule has 0 N–H and O–H groups in total. The van der Waals surface area contributed by atoms with Crippen LogP contribution in [0.25, 0.3) is 0 Å². The van der Waals surface area contributed by atoms with Crippen molar-refractivity contribution in [2.45, 2.75) is 51.4 Å². The minimum Gasteiger partial charge on any atom is -0.127 e. The van der Waals surface area contributed by atoms with Crippen LogP contribution in [-0.4, -0.2) is 5.88 Å². The van der Waals surface area contributed by atoms with E-state index in [1.54, 1.807) is 0 Å². The normalized spacial score (nSPS) is 9.38. The summed E-state index contributed by atoms with van der Waals surface area (Å²) in [4.78, 5) is 2.73. The molecule has 0 atom stereocenters. The van der Waals surface area contributed by atoms with Gasteiger partial charge in [0.2, 0.25) is 0 Å². The molecule has 0 unspecified atom stereocenters. The predicted octanol–water partition coefficient (Wildman–Crippen LogP) is 4.70. The summed E-state index contributed by atoms with van der Waals surface area (Å²) in [5.41, 5.74) is 0. The van der Waals surface area contributed by atoms with Gasteiger partial charge in [-0.3, -0.25) is 0 Å². The molecule has 0 aromatic heterocycles. The third-order valence-corrected chi connectivity index (χ3v) is 2.55. The Hall–Kier alpha value is 0.330. The van der Waals surface area contributed by atoms with Crippen LogP contribution < -0.4 is 0 Å². The third kappa shape index (κ3) is 12.3. The van der Waals surface area contributed by atoms with Gasteiger partial charge in [0.15, 0.2) is 0 Å². The van der Waals surface area contributed by atoms with Crippen LogP contribution in [0.3, 0.4) is 0 Å². The van der Waals surface area contributed by atoms with E-state index in [1.807, 2.05) is 0 Å². The van der Waals surface area contributed by atoms with Crippen molar-refractivity contribution in [1.82, 2.24) is 0 Å². The van der Waals surface area contributed by atoms with Crippen LogP contribution in [0.1, 0.15) is 51.4 Å². The first-order chi connectivity index (χ1) is 6.41. The number of hydrogen-bond donors (Lipinski definition) is 0. The zero-order valence-electron chi connectivity index (χ0n) is 8.12. The molecule has 0 nitrogen and oxygen atoms in total. The molecule has 0 aliphatic rings. The molecular weight excluding hydrogens is 247 g/mol. The van der Waals surface area contributed by atoms with E-state index in [9.17, 15) is 0 Å². The predicted molar refractivity (Wildman–Crippen MR) is 64.4 cm³/mol. The smallest absolute Gasteiger partial charge is 0.0223 e. The fraction of sp³-hybridized carbons (Fsp3) is 0.818. The van der Waals surface area contributed by atoms with E-state index in [2.05, 4.69) is 26.7 Å². The summed E-state index contributed by atoms with van der Waals surface area (Å²) in [6, 6.07) is 0. The Labute approximate surface area is 95.6 Å². The summed E-state index contributed by atoms with van der Waals surface area (Å²) in [6.45, 7) is 0. The van der Waals surface area contributed by atoms with E-state index in [4.69, 9.17) is 11.6 Å². The molecule has 0 fully saturated rings. The highest BCUT2D eigenvalue weighted by molar-refractivity contribution is 9.12. The number of hydrogen-bond acceptors (Lipinski definition) is 0. The summed E-state index contributed by atoms with van der Waals surface area (Å²) >= 11 is 8.67. The SMILES string of the molecule is ClCCCCCCCCCC#CBr. The van der Waals surface area contributed by atoms with Crippen molar-refractivity contribution in [2.24, 2.45) is 0 Å². The highest BCUT2D eigenvalue weighted by Crippen LogP contribution is 2.08. The van der Waals surface area contributed by atoms with Crippen LogP contribution in [0.5, 0.6) is 0 Å². The van der Waals surface area contributed by atoms with Crippen LogP contribution in [-0.2, 0) is 0 Å². The van der Waals surface area contributed by atoms with Gasteiger partial charge in [-0.05, 0) is 17.7 Å². The highest BCUT2D eigenvalue weighted by Gasteiger charge is 1.90. The topological polar surface area (TPSA) is 0 Å². The van der Waals surface area contributed by atoms with Crippen molar-refractivity contribution in [3.63, 3.8) is 0 Å². The van der Waals surface area contributed by atoms with Gasteiger partial charge in [0.1, 0.15) is 0 Å². The van der Waals surface area contributed by atoms with Gasteiger partial charge in [0.05, 0.1) is 0 Å². The zero-order valence-corrected chi connectivity index (χ0v) is 10.5. The molecule has 0 saturated carbocycles. The van der Waals surface area contributed by atoms with Gasteiger partial charge in [-0.1, -0.05) is 38.0 Å². The Morgan fingerprint density at radius 1 is 0.846 bits per heavy atom. The van der Waals surface area contributed by atoms with Gasteiger partial charge in [-0.15, -0.1) is 11.6 Å². The molecule has 0 radical (unpaired) electrons. The summed E-state index contributed by atoms with van der Waals surface area (Å²) in [5.74, 6) is 3.83. The summed E-state index contributed by atoms with van der Waals surface area (Å²) in [6.07, 6.45) is 10.1. The number of unbranched alkanes of at least 4 members (excludes halogenated alkanes) is 7. The summed E-state index contributed by atoms with van der Waals surface area (Å²) in [5, 5.41) is 0. The highest BCUT2D eigenvalue weighted by atomic mass is 79.9. The van der Waals surface area contributed by atoms with E-state index in [0.717, 1.165) is 12.3 Å². The molecule has 0 heterocycles. The second kappa shape index (κ2) is 12.3. The van der Waals surface area contributed by atoms with E-state index in [0.29, 0.717) is 0 Å². The number of halogens is 2. The third-order valence-electron chi connectivity index (χ3n) is 2.00. The summed E-state index contributed by atoms with van der Waals surface area (Å²) in [7, 11) is 0. The molecule has 0 bridgehead atoms. The minimum atomic E-state index is 0.820. The van der Waals surface area contributed by atoms with Gasteiger partial charge in [0.25, 0.3) is 0 Å². The van der Waals surface area contributed by atoms with E-state index < -0.39 is 0 Å². The Kier molecular flexibility index (Phi) is 12.6. The average molecular weight is 266 g/mol. The van der Waals surface area contributed by atoms with Crippen molar-refractivity contribution in [2.75, 3.05) is 5.88 Å². The Bertz CT molecular complexity index is 146. The minimum absolute atomic E-state index is 0.820. The lowest BCUT2D eigenvalue weighted by molar-refractivity contribution is 0.595. The average Bonchev–Trinajstić information content (AvgIpc) is 2.16. The van der Waals surface area contributed by atoms with Crippen LogP contribution >= 0.6 is 27.5 Å². The lowest BCUT2D eigenvalue weighted by Gasteiger charge is -1.98. The van der Waals surface area contributed by atoms with Crippen molar-refractivity contribution >= 4 is 27.5 Å². The first kappa shape index (κ1) is 13.3. The van der Waals surface area contributed by atoms with Crippen molar-refractivity contribution in [1.29, 1.82) is 0 Å². The van der Waals surface area contributed by atoms with Crippen LogP contribution in [0.2, 0.25) is 0 Å². The van der Waals surface area contributed by atoms with Gasteiger partial charge in [-0.25, -0.2) is 0 Å². The van der Waals surface area contributed by atoms with Gasteiger partial charge >= 0.3 is 0 Å². The maximum atomic E-state index is 5.58. The molecule has 0 rings (SSSR count). The van der Waals surface area contributed by atoms with Crippen molar-refractivity contribution in [3.05, 3.63) is 0 Å². The first-order valence-electron chi connectivity index (χ1n) is 5.06. The van der Waals surface area contributed by atoms with Crippen LogP contribution in [0.15, 0.2) is 0 Å². The maximum Gasteiger partial charge on any atom is 0.0223 e. The lowest BCUT2D eigenvalue weighted by Crippen LogP contribution is -1.81. The fourth-order valence-electron chi connectivity index (χ4n) is 1.24.